The topological polar surface area (TPSA) is 114 Å². The minimum atomic E-state index is -0.683. The summed E-state index contributed by atoms with van der Waals surface area (Å²) in [5, 5.41) is 13.7. The summed E-state index contributed by atoms with van der Waals surface area (Å²) in [4.78, 5) is 27.9. The second-order valence-corrected chi connectivity index (χ2v) is 6.42. The standard InChI is InChI=1S/C18H20FN5O3/c19-15-10-14(24(26)27)3-4-16(15)22-11-13-2-1-7-21-18(13)23-8-5-12(6-9-23)17(20)25/h1-4,7,10,12,22H,5-6,8-9,11H2,(H2,20,25). The minimum absolute atomic E-state index is 0.110. The highest BCUT2D eigenvalue weighted by atomic mass is 19.1. The van der Waals surface area contributed by atoms with Crippen LogP contribution in [0, 0.1) is 21.8 Å². The molecule has 3 rings (SSSR count). The Morgan fingerprint density at radius 2 is 2.11 bits per heavy atom. The van der Waals surface area contributed by atoms with Crippen LogP contribution in [0.5, 0.6) is 0 Å². The van der Waals surface area contributed by atoms with Crippen LogP contribution in [0.1, 0.15) is 18.4 Å². The van der Waals surface area contributed by atoms with Gasteiger partial charge < -0.3 is 16.0 Å². The van der Waals surface area contributed by atoms with E-state index in [1.54, 1.807) is 12.3 Å². The van der Waals surface area contributed by atoms with Gasteiger partial charge in [0, 0.05) is 43.4 Å². The average molecular weight is 373 g/mol. The number of primary amides is 1. The van der Waals surface area contributed by atoms with Crippen LogP contribution in [0.4, 0.5) is 21.6 Å². The molecule has 2 heterocycles. The van der Waals surface area contributed by atoms with Crippen molar-refractivity contribution in [2.24, 2.45) is 11.7 Å². The maximum Gasteiger partial charge on any atom is 0.272 e. The zero-order chi connectivity index (χ0) is 19.4. The highest BCUT2D eigenvalue weighted by Gasteiger charge is 2.25. The van der Waals surface area contributed by atoms with Gasteiger partial charge in [0.1, 0.15) is 5.82 Å². The van der Waals surface area contributed by atoms with Crippen molar-refractivity contribution in [3.63, 3.8) is 0 Å². The van der Waals surface area contributed by atoms with Crippen LogP contribution in [-0.2, 0) is 11.3 Å². The lowest BCUT2D eigenvalue weighted by atomic mass is 9.96. The van der Waals surface area contributed by atoms with E-state index >= 15 is 0 Å². The molecule has 1 aromatic carbocycles. The molecule has 0 radical (unpaired) electrons. The molecule has 1 saturated heterocycles. The van der Waals surface area contributed by atoms with Gasteiger partial charge in [0.25, 0.3) is 5.69 Å². The third kappa shape index (κ3) is 4.30. The third-order valence-electron chi connectivity index (χ3n) is 4.70. The molecular weight excluding hydrogens is 353 g/mol. The normalized spacial score (nSPS) is 14.8. The van der Waals surface area contributed by atoms with E-state index < -0.39 is 10.7 Å². The fourth-order valence-corrected chi connectivity index (χ4v) is 3.18. The van der Waals surface area contributed by atoms with E-state index in [0.29, 0.717) is 32.5 Å². The van der Waals surface area contributed by atoms with Crippen molar-refractivity contribution >= 4 is 23.1 Å². The SMILES string of the molecule is NC(=O)C1CCN(c2ncccc2CNc2ccc([N+](=O)[O-])cc2F)CC1. The Morgan fingerprint density at radius 3 is 2.74 bits per heavy atom. The zero-order valence-corrected chi connectivity index (χ0v) is 14.6. The molecule has 1 aromatic heterocycles. The lowest BCUT2D eigenvalue weighted by Gasteiger charge is -2.32. The number of piperidine rings is 1. The second-order valence-electron chi connectivity index (χ2n) is 6.42. The smallest absolute Gasteiger partial charge is 0.272 e. The summed E-state index contributed by atoms with van der Waals surface area (Å²) < 4.78 is 14.1. The number of nitrogens with zero attached hydrogens (tertiary/aromatic N) is 3. The largest absolute Gasteiger partial charge is 0.378 e. The van der Waals surface area contributed by atoms with Crippen molar-refractivity contribution in [1.29, 1.82) is 0 Å². The number of hydrogen-bond donors (Lipinski definition) is 2. The van der Waals surface area contributed by atoms with Crippen LogP contribution in [0.2, 0.25) is 0 Å². The van der Waals surface area contributed by atoms with Gasteiger partial charge in [0.05, 0.1) is 16.7 Å². The summed E-state index contributed by atoms with van der Waals surface area (Å²) in [7, 11) is 0. The molecule has 1 aliphatic heterocycles. The van der Waals surface area contributed by atoms with Crippen LogP contribution in [0.25, 0.3) is 0 Å². The van der Waals surface area contributed by atoms with Gasteiger partial charge >= 0.3 is 0 Å². The van der Waals surface area contributed by atoms with Crippen LogP contribution in [-0.4, -0.2) is 28.9 Å². The predicted molar refractivity (Wildman–Crippen MR) is 98.7 cm³/mol. The summed E-state index contributed by atoms with van der Waals surface area (Å²) in [5.74, 6) is -0.292. The van der Waals surface area contributed by atoms with Crippen molar-refractivity contribution in [1.82, 2.24) is 4.98 Å². The number of amides is 1. The van der Waals surface area contributed by atoms with E-state index in [-0.39, 0.29) is 23.2 Å². The number of aromatic nitrogens is 1. The molecule has 8 nitrogen and oxygen atoms in total. The first kappa shape index (κ1) is 18.6. The van der Waals surface area contributed by atoms with Gasteiger partial charge in [-0.05, 0) is 25.0 Å². The average Bonchev–Trinajstić information content (AvgIpc) is 2.67. The van der Waals surface area contributed by atoms with Crippen molar-refractivity contribution in [2.45, 2.75) is 19.4 Å². The highest BCUT2D eigenvalue weighted by molar-refractivity contribution is 5.77. The molecule has 2 aromatic rings. The highest BCUT2D eigenvalue weighted by Crippen LogP contribution is 2.26. The molecule has 0 bridgehead atoms. The van der Waals surface area contributed by atoms with Gasteiger partial charge in [-0.25, -0.2) is 9.37 Å². The Labute approximate surface area is 155 Å². The molecule has 1 fully saturated rings. The van der Waals surface area contributed by atoms with E-state index in [1.807, 2.05) is 6.07 Å². The molecule has 3 N–H and O–H groups in total. The Bertz CT molecular complexity index is 853. The Hall–Kier alpha value is -3.23. The van der Waals surface area contributed by atoms with Gasteiger partial charge in [-0.15, -0.1) is 0 Å². The number of anilines is 2. The molecule has 142 valence electrons. The first-order chi connectivity index (χ1) is 13.0. The fourth-order valence-electron chi connectivity index (χ4n) is 3.18. The van der Waals surface area contributed by atoms with Gasteiger partial charge in [-0.3, -0.25) is 14.9 Å². The molecule has 27 heavy (non-hydrogen) atoms. The molecule has 0 saturated carbocycles. The Balaban J connectivity index is 1.70. The predicted octanol–water partition coefficient (Wildman–Crippen LogP) is 2.44. The number of nitro benzene ring substituents is 1. The molecule has 0 unspecified atom stereocenters. The number of carbonyl (C=O) groups is 1. The number of carbonyl (C=O) groups excluding carboxylic acids is 1. The number of nitrogens with two attached hydrogens (primary N) is 1. The number of pyridine rings is 1. The number of nitro groups is 1. The number of nitrogens with one attached hydrogen (secondary N) is 1. The summed E-state index contributed by atoms with van der Waals surface area (Å²) in [6.45, 7) is 1.65. The number of halogens is 1. The summed E-state index contributed by atoms with van der Waals surface area (Å²) >= 11 is 0. The minimum Gasteiger partial charge on any atom is -0.378 e. The molecule has 0 atom stereocenters. The van der Waals surface area contributed by atoms with Crippen molar-refractivity contribution in [3.8, 4) is 0 Å². The van der Waals surface area contributed by atoms with Gasteiger partial charge in [-0.1, -0.05) is 6.07 Å². The summed E-state index contributed by atoms with van der Waals surface area (Å²) in [5.41, 5.74) is 6.13. The third-order valence-corrected chi connectivity index (χ3v) is 4.70. The Kier molecular flexibility index (Phi) is 5.49. The molecule has 0 aliphatic carbocycles. The van der Waals surface area contributed by atoms with Crippen LogP contribution in [0.15, 0.2) is 36.5 Å². The molecule has 0 spiro atoms. The number of hydrogen-bond acceptors (Lipinski definition) is 6. The summed E-state index contributed by atoms with van der Waals surface area (Å²) in [6, 6.07) is 7.18. The van der Waals surface area contributed by atoms with Crippen LogP contribution in [0.3, 0.4) is 0 Å². The van der Waals surface area contributed by atoms with Crippen LogP contribution >= 0.6 is 0 Å². The lowest BCUT2D eigenvalue weighted by molar-refractivity contribution is -0.385. The maximum absolute atomic E-state index is 14.1. The van der Waals surface area contributed by atoms with E-state index in [4.69, 9.17) is 5.73 Å². The zero-order valence-electron chi connectivity index (χ0n) is 14.6. The molecule has 9 heteroatoms. The van der Waals surface area contributed by atoms with Gasteiger partial charge in [0.2, 0.25) is 5.91 Å². The first-order valence-corrected chi connectivity index (χ1v) is 8.61. The summed E-state index contributed by atoms with van der Waals surface area (Å²) in [6.07, 6.45) is 3.04. The number of non-ortho nitro benzene ring substituents is 1. The Morgan fingerprint density at radius 1 is 1.37 bits per heavy atom. The van der Waals surface area contributed by atoms with Crippen molar-refractivity contribution < 1.29 is 14.1 Å². The van der Waals surface area contributed by atoms with E-state index in [2.05, 4.69) is 15.2 Å². The van der Waals surface area contributed by atoms with E-state index in [0.717, 1.165) is 17.4 Å². The van der Waals surface area contributed by atoms with Crippen LogP contribution < -0.4 is 16.0 Å². The van der Waals surface area contributed by atoms with E-state index in [9.17, 15) is 19.3 Å². The first-order valence-electron chi connectivity index (χ1n) is 8.61. The monoisotopic (exact) mass is 373 g/mol. The molecule has 1 aliphatic rings. The molecular formula is C18H20FN5O3. The quantitative estimate of drug-likeness (QED) is 0.594. The van der Waals surface area contributed by atoms with Crippen molar-refractivity contribution in [2.75, 3.05) is 23.3 Å². The number of rotatable bonds is 6. The second kappa shape index (κ2) is 7.98. The van der Waals surface area contributed by atoms with Gasteiger partial charge in [0.15, 0.2) is 5.82 Å². The number of benzene rings is 1. The lowest BCUT2D eigenvalue weighted by Crippen LogP contribution is -2.39. The molecule has 1 amide bonds. The fraction of sp³-hybridized carbons (Fsp3) is 0.333. The van der Waals surface area contributed by atoms with Crippen molar-refractivity contribution in [3.05, 3.63) is 58.0 Å². The van der Waals surface area contributed by atoms with Gasteiger partial charge in [-0.2, -0.15) is 0 Å². The maximum atomic E-state index is 14.1. The van der Waals surface area contributed by atoms with E-state index in [1.165, 1.54) is 12.1 Å².